The second kappa shape index (κ2) is 16.3. The molecule has 4 nitrogen and oxygen atoms in total. The number of nitrogens with zero attached hydrogens (tertiary/aromatic N) is 1. The summed E-state index contributed by atoms with van der Waals surface area (Å²) < 4.78 is 32.1. The molecule has 0 aliphatic rings. The van der Waals surface area contributed by atoms with Crippen molar-refractivity contribution in [3.05, 3.63) is 0 Å². The molecule has 0 aliphatic heterocycles. The summed E-state index contributed by atoms with van der Waals surface area (Å²) in [6.07, 6.45) is 10.0. The first-order valence-corrected chi connectivity index (χ1v) is 11.7. The summed E-state index contributed by atoms with van der Waals surface area (Å²) in [6, 6.07) is 0. The van der Waals surface area contributed by atoms with E-state index in [1.165, 1.54) is 69.2 Å². The van der Waals surface area contributed by atoms with Crippen molar-refractivity contribution in [1.82, 2.24) is 0 Å². The van der Waals surface area contributed by atoms with Crippen molar-refractivity contribution in [2.45, 2.75) is 92.4 Å². The van der Waals surface area contributed by atoms with Crippen LogP contribution in [0.15, 0.2) is 0 Å². The summed E-state index contributed by atoms with van der Waals surface area (Å²) >= 11 is 0. The average Bonchev–Trinajstić information content (AvgIpc) is 2.56. The molecule has 0 bridgehead atoms. The maximum Gasteiger partial charge on any atom is 0.0945 e. The molecule has 0 aromatic heterocycles. The second-order valence-corrected chi connectivity index (χ2v) is 8.22. The highest BCUT2D eigenvalue weighted by Crippen LogP contribution is 2.09. The van der Waals surface area contributed by atoms with Crippen LogP contribution in [-0.4, -0.2) is 49.4 Å². The molecule has 148 valence electrons. The first kappa shape index (κ1) is 26.1. The largest absolute Gasteiger partial charge is 0.748 e. The third-order valence-electron chi connectivity index (χ3n) is 5.18. The Labute approximate surface area is 152 Å². The molecule has 0 saturated heterocycles. The molecule has 0 atom stereocenters. The molecule has 0 spiro atoms. The monoisotopic (exact) mass is 365 g/mol. The minimum Gasteiger partial charge on any atom is -0.748 e. The van der Waals surface area contributed by atoms with E-state index in [0.29, 0.717) is 6.42 Å². The van der Waals surface area contributed by atoms with Gasteiger partial charge in [-0.1, -0.05) is 58.3 Å². The van der Waals surface area contributed by atoms with Crippen LogP contribution >= 0.6 is 0 Å². The van der Waals surface area contributed by atoms with Crippen LogP contribution in [0.1, 0.15) is 92.4 Å². The molecule has 0 rings (SSSR count). The molecule has 0 heterocycles. The summed E-state index contributed by atoms with van der Waals surface area (Å²) in [4.78, 5) is 0. The van der Waals surface area contributed by atoms with Crippen LogP contribution in [0.25, 0.3) is 0 Å². The van der Waals surface area contributed by atoms with Crippen LogP contribution < -0.4 is 0 Å². The lowest BCUT2D eigenvalue weighted by molar-refractivity contribution is -0.921. The van der Waals surface area contributed by atoms with Gasteiger partial charge in [-0.2, -0.15) is 0 Å². The standard InChI is InChI=1S/C11H24O3S.C8H20N/c1-2-3-4-5-6-7-8-9-10-11-15(12,13)14;1-5-9(6-2,7-3)8-4/h2-11H2,1H3,(H,12,13,14);5-8H2,1-4H3/q;+1/p-1. The molecule has 0 fully saturated rings. The van der Waals surface area contributed by atoms with E-state index in [9.17, 15) is 13.0 Å². The fourth-order valence-corrected chi connectivity index (χ4v) is 3.49. The maximum absolute atomic E-state index is 10.3. The fourth-order valence-electron chi connectivity index (χ4n) is 2.93. The Morgan fingerprint density at radius 1 is 0.625 bits per heavy atom. The Hall–Kier alpha value is -0.130. The normalized spacial score (nSPS) is 11.9. The van der Waals surface area contributed by atoms with Gasteiger partial charge in [0, 0.05) is 5.75 Å². The molecule has 0 saturated carbocycles. The lowest BCUT2D eigenvalue weighted by atomic mass is 10.1. The van der Waals surface area contributed by atoms with E-state index >= 15 is 0 Å². The van der Waals surface area contributed by atoms with Gasteiger partial charge in [0.2, 0.25) is 0 Å². The first-order chi connectivity index (χ1) is 11.3. The van der Waals surface area contributed by atoms with Gasteiger partial charge < -0.3 is 9.04 Å². The van der Waals surface area contributed by atoms with Crippen molar-refractivity contribution in [1.29, 1.82) is 0 Å². The Balaban J connectivity index is 0. The van der Waals surface area contributed by atoms with Gasteiger partial charge in [-0.3, -0.25) is 0 Å². The van der Waals surface area contributed by atoms with Gasteiger partial charge in [0.1, 0.15) is 0 Å². The van der Waals surface area contributed by atoms with Crippen molar-refractivity contribution in [2.75, 3.05) is 31.9 Å². The van der Waals surface area contributed by atoms with Crippen molar-refractivity contribution in [3.8, 4) is 0 Å². The zero-order chi connectivity index (χ0) is 18.9. The third-order valence-corrected chi connectivity index (χ3v) is 5.97. The molecule has 0 aliphatic carbocycles. The molecular formula is C19H43NO3S. The molecule has 0 N–H and O–H groups in total. The van der Waals surface area contributed by atoms with Crippen LogP contribution in [0.2, 0.25) is 0 Å². The zero-order valence-corrected chi connectivity index (χ0v) is 17.8. The van der Waals surface area contributed by atoms with E-state index in [-0.39, 0.29) is 5.75 Å². The Morgan fingerprint density at radius 2 is 0.958 bits per heavy atom. The number of rotatable bonds is 14. The van der Waals surface area contributed by atoms with E-state index in [1.54, 1.807) is 0 Å². The van der Waals surface area contributed by atoms with Crippen molar-refractivity contribution in [2.24, 2.45) is 0 Å². The average molecular weight is 366 g/mol. The summed E-state index contributed by atoms with van der Waals surface area (Å²) in [6.45, 7) is 16.4. The van der Waals surface area contributed by atoms with Crippen molar-refractivity contribution < 1.29 is 17.5 Å². The van der Waals surface area contributed by atoms with Crippen LogP contribution in [0.3, 0.4) is 0 Å². The van der Waals surface area contributed by atoms with Gasteiger partial charge in [-0.15, -0.1) is 0 Å². The van der Waals surface area contributed by atoms with Crippen molar-refractivity contribution >= 4 is 10.1 Å². The van der Waals surface area contributed by atoms with Gasteiger partial charge >= 0.3 is 0 Å². The third kappa shape index (κ3) is 16.7. The van der Waals surface area contributed by atoms with Gasteiger partial charge in [0.15, 0.2) is 0 Å². The van der Waals surface area contributed by atoms with E-state index in [0.717, 1.165) is 12.8 Å². The first-order valence-electron chi connectivity index (χ1n) is 10.1. The van der Waals surface area contributed by atoms with Gasteiger partial charge in [-0.25, -0.2) is 8.42 Å². The quantitative estimate of drug-likeness (QED) is 0.249. The molecule has 5 heteroatoms. The Kier molecular flexibility index (Phi) is 17.8. The van der Waals surface area contributed by atoms with Crippen LogP contribution in [0.4, 0.5) is 0 Å². The highest BCUT2D eigenvalue weighted by Gasteiger charge is 2.16. The molecule has 24 heavy (non-hydrogen) atoms. The minimum atomic E-state index is -3.98. The molecule has 0 radical (unpaired) electrons. The smallest absolute Gasteiger partial charge is 0.0945 e. The van der Waals surface area contributed by atoms with E-state index in [1.807, 2.05) is 0 Å². The SMILES string of the molecule is CCCCCCCCCCCS(=O)(=O)[O-].CC[N+](CC)(CC)CC. The van der Waals surface area contributed by atoms with E-state index in [4.69, 9.17) is 0 Å². The Morgan fingerprint density at radius 3 is 1.21 bits per heavy atom. The summed E-state index contributed by atoms with van der Waals surface area (Å²) in [7, 11) is -3.98. The van der Waals surface area contributed by atoms with Gasteiger partial charge in [0.25, 0.3) is 0 Å². The lowest BCUT2D eigenvalue weighted by Crippen LogP contribution is -2.47. The number of hydrogen-bond donors (Lipinski definition) is 0. The predicted molar refractivity (Wildman–Crippen MR) is 104 cm³/mol. The van der Waals surface area contributed by atoms with E-state index < -0.39 is 10.1 Å². The molecule has 0 amide bonds. The minimum absolute atomic E-state index is 0.192. The topological polar surface area (TPSA) is 57.2 Å². The molecule has 0 unspecified atom stereocenters. The van der Waals surface area contributed by atoms with E-state index in [2.05, 4.69) is 34.6 Å². The second-order valence-electron chi connectivity index (χ2n) is 6.70. The lowest BCUT2D eigenvalue weighted by Gasteiger charge is -2.34. The Bertz CT molecular complexity index is 334. The van der Waals surface area contributed by atoms with Gasteiger partial charge in [-0.05, 0) is 34.1 Å². The zero-order valence-electron chi connectivity index (χ0n) is 17.0. The van der Waals surface area contributed by atoms with Crippen LogP contribution in [-0.2, 0) is 10.1 Å². The number of quaternary nitrogens is 1. The fraction of sp³-hybridized carbons (Fsp3) is 1.00. The number of hydrogen-bond acceptors (Lipinski definition) is 3. The predicted octanol–water partition coefficient (Wildman–Crippen LogP) is 4.95. The summed E-state index contributed by atoms with van der Waals surface area (Å²) in [5, 5.41) is 0. The molecule has 0 aromatic rings. The summed E-state index contributed by atoms with van der Waals surface area (Å²) in [5.74, 6) is -0.192. The van der Waals surface area contributed by atoms with Crippen molar-refractivity contribution in [3.63, 3.8) is 0 Å². The van der Waals surface area contributed by atoms with Crippen LogP contribution in [0.5, 0.6) is 0 Å². The highest BCUT2D eigenvalue weighted by atomic mass is 32.2. The summed E-state index contributed by atoms with van der Waals surface area (Å²) in [5.41, 5.74) is 0. The van der Waals surface area contributed by atoms with Gasteiger partial charge in [0.05, 0.1) is 36.3 Å². The maximum atomic E-state index is 10.3. The number of unbranched alkanes of at least 4 members (excludes halogenated alkanes) is 8. The highest BCUT2D eigenvalue weighted by molar-refractivity contribution is 7.85. The van der Waals surface area contributed by atoms with Crippen LogP contribution in [0, 0.1) is 0 Å². The molecule has 0 aromatic carbocycles. The molecular weight excluding hydrogens is 322 g/mol.